The summed E-state index contributed by atoms with van der Waals surface area (Å²) in [5, 5.41) is 4.10. The third-order valence-electron chi connectivity index (χ3n) is 5.23. The van der Waals surface area contributed by atoms with Crippen molar-refractivity contribution in [2.75, 3.05) is 6.61 Å². The Bertz CT molecular complexity index is 1330. The second-order valence-electron chi connectivity index (χ2n) is 7.60. The summed E-state index contributed by atoms with van der Waals surface area (Å²) in [5.74, 6) is 0.520. The second-order valence-corrected chi connectivity index (χ2v) is 8.76. The van der Waals surface area contributed by atoms with Crippen molar-refractivity contribution in [3.8, 4) is 22.7 Å². The van der Waals surface area contributed by atoms with Gasteiger partial charge in [0.1, 0.15) is 12.4 Å². The summed E-state index contributed by atoms with van der Waals surface area (Å²) < 4.78 is 8.71. The minimum Gasteiger partial charge on any atom is -0.488 e. The van der Waals surface area contributed by atoms with Crippen molar-refractivity contribution in [3.05, 3.63) is 118 Å². The van der Waals surface area contributed by atoms with Crippen LogP contribution in [0.2, 0.25) is 0 Å². The molecule has 0 saturated carbocycles. The van der Waals surface area contributed by atoms with Crippen LogP contribution in [0.3, 0.4) is 0 Å². The Labute approximate surface area is 212 Å². The van der Waals surface area contributed by atoms with E-state index in [0.717, 1.165) is 37.5 Å². The molecule has 0 aliphatic heterocycles. The Kier molecular flexibility index (Phi) is 7.59. The van der Waals surface area contributed by atoms with Crippen molar-refractivity contribution >= 4 is 34.7 Å². The van der Waals surface area contributed by atoms with Crippen molar-refractivity contribution in [2.45, 2.75) is 6.92 Å². The molecule has 4 aromatic rings. The number of amides is 1. The molecule has 0 aliphatic rings. The number of aryl methyl sites for hydroxylation is 1. The van der Waals surface area contributed by atoms with Gasteiger partial charge >= 0.3 is 0 Å². The van der Waals surface area contributed by atoms with Gasteiger partial charge in [0.2, 0.25) is 0 Å². The van der Waals surface area contributed by atoms with Crippen molar-refractivity contribution in [1.29, 1.82) is 0 Å². The number of aromatic nitrogens is 1. The van der Waals surface area contributed by atoms with E-state index in [-0.39, 0.29) is 5.91 Å². The largest absolute Gasteiger partial charge is 0.488 e. The lowest BCUT2D eigenvalue weighted by Crippen LogP contribution is -2.17. The Morgan fingerprint density at radius 1 is 1.06 bits per heavy atom. The number of nitrogens with zero attached hydrogens (tertiary/aromatic N) is 2. The van der Waals surface area contributed by atoms with Crippen LogP contribution in [0.1, 0.15) is 21.6 Å². The van der Waals surface area contributed by atoms with E-state index in [1.807, 2.05) is 60.7 Å². The number of carbonyl (C=O) groups is 1. The van der Waals surface area contributed by atoms with Gasteiger partial charge in [-0.05, 0) is 95.2 Å². The normalized spacial score (nSPS) is 10.9. The van der Waals surface area contributed by atoms with Crippen LogP contribution in [0.25, 0.3) is 16.9 Å². The average Bonchev–Trinajstić information content (AvgIpc) is 3.25. The van der Waals surface area contributed by atoms with Gasteiger partial charge in [-0.25, -0.2) is 5.43 Å². The Morgan fingerprint density at radius 2 is 1.82 bits per heavy atom. The predicted molar refractivity (Wildman–Crippen MR) is 146 cm³/mol. The van der Waals surface area contributed by atoms with Gasteiger partial charge < -0.3 is 9.30 Å². The summed E-state index contributed by atoms with van der Waals surface area (Å²) in [7, 11) is 0. The van der Waals surface area contributed by atoms with E-state index in [2.05, 4.69) is 75.5 Å². The summed E-state index contributed by atoms with van der Waals surface area (Å²) in [6.07, 6.45) is 3.32. The molecule has 0 unspecified atom stereocenters. The Balaban J connectivity index is 1.44. The molecule has 170 valence electrons. The van der Waals surface area contributed by atoms with Gasteiger partial charge in [0.05, 0.1) is 15.5 Å². The predicted octanol–water partition coefficient (Wildman–Crippen LogP) is 6.39. The highest BCUT2D eigenvalue weighted by atomic mass is 127. The molecule has 5 nitrogen and oxygen atoms in total. The highest BCUT2D eigenvalue weighted by Crippen LogP contribution is 2.26. The lowest BCUT2D eigenvalue weighted by atomic mass is 10.1. The minimum atomic E-state index is -0.268. The number of halogens is 1. The van der Waals surface area contributed by atoms with Gasteiger partial charge in [0, 0.05) is 16.9 Å². The van der Waals surface area contributed by atoms with Crippen LogP contribution >= 0.6 is 22.6 Å². The van der Waals surface area contributed by atoms with Gasteiger partial charge in [-0.15, -0.1) is 0 Å². The fourth-order valence-electron chi connectivity index (χ4n) is 3.57. The Morgan fingerprint density at radius 3 is 2.53 bits per heavy atom. The molecule has 1 aromatic heterocycles. The first kappa shape index (κ1) is 23.5. The van der Waals surface area contributed by atoms with Gasteiger partial charge in [0.25, 0.3) is 5.91 Å². The van der Waals surface area contributed by atoms with Gasteiger partial charge in [-0.1, -0.05) is 43.0 Å². The first-order chi connectivity index (χ1) is 16.6. The number of hydrogen-bond donors (Lipinski definition) is 1. The molecule has 6 heteroatoms. The molecule has 1 amide bonds. The summed E-state index contributed by atoms with van der Waals surface area (Å²) in [5.41, 5.74) is 8.36. The van der Waals surface area contributed by atoms with Crippen LogP contribution in [0.5, 0.6) is 5.75 Å². The zero-order chi connectivity index (χ0) is 23.9. The smallest absolute Gasteiger partial charge is 0.271 e. The molecular weight excluding hydrogens is 537 g/mol. The van der Waals surface area contributed by atoms with E-state index in [1.165, 1.54) is 0 Å². The molecule has 0 bridgehead atoms. The van der Waals surface area contributed by atoms with Crippen molar-refractivity contribution in [3.63, 3.8) is 0 Å². The van der Waals surface area contributed by atoms with Crippen LogP contribution in [0, 0.1) is 10.5 Å². The summed E-state index contributed by atoms with van der Waals surface area (Å²) in [4.78, 5) is 12.6. The Hall–Kier alpha value is -3.65. The molecule has 34 heavy (non-hydrogen) atoms. The number of hydrazone groups is 1. The quantitative estimate of drug-likeness (QED) is 0.117. The van der Waals surface area contributed by atoms with E-state index >= 15 is 0 Å². The van der Waals surface area contributed by atoms with Gasteiger partial charge in [-0.2, -0.15) is 5.10 Å². The SMILES string of the molecule is C=CCOc1ccc(/C=N/NC(=O)c2ccc(-n3c(C)ccc3-c3ccccc3)cc2)cc1I. The maximum atomic E-state index is 12.6. The molecule has 1 N–H and O–H groups in total. The van der Waals surface area contributed by atoms with Crippen LogP contribution in [-0.4, -0.2) is 23.3 Å². The lowest BCUT2D eigenvalue weighted by molar-refractivity contribution is 0.0955. The third kappa shape index (κ3) is 5.46. The van der Waals surface area contributed by atoms with Crippen molar-refractivity contribution < 1.29 is 9.53 Å². The topological polar surface area (TPSA) is 55.6 Å². The zero-order valence-electron chi connectivity index (χ0n) is 18.7. The van der Waals surface area contributed by atoms with E-state index < -0.39 is 0 Å². The molecular formula is C28H24IN3O2. The summed E-state index contributed by atoms with van der Waals surface area (Å²) in [6.45, 7) is 6.18. The van der Waals surface area contributed by atoms with E-state index in [4.69, 9.17) is 4.74 Å². The standard InChI is InChI=1S/C28H24IN3O2/c1-3-17-34-27-16-10-21(18-25(27)29)19-30-31-28(33)23-11-13-24(14-12-23)32-20(2)9-15-26(32)22-7-5-4-6-8-22/h3-16,18-19H,1,17H2,2H3,(H,31,33)/b30-19+. The van der Waals surface area contributed by atoms with Crippen LogP contribution in [-0.2, 0) is 0 Å². The maximum absolute atomic E-state index is 12.6. The molecule has 0 aliphatic carbocycles. The molecule has 3 aromatic carbocycles. The fraction of sp³-hybridized carbons (Fsp3) is 0.0714. The maximum Gasteiger partial charge on any atom is 0.271 e. The first-order valence-electron chi connectivity index (χ1n) is 10.8. The molecule has 0 radical (unpaired) electrons. The van der Waals surface area contributed by atoms with Crippen LogP contribution < -0.4 is 10.2 Å². The van der Waals surface area contributed by atoms with Crippen molar-refractivity contribution in [2.24, 2.45) is 5.10 Å². The minimum absolute atomic E-state index is 0.268. The molecule has 0 fully saturated rings. The molecule has 0 saturated heterocycles. The number of hydrogen-bond acceptors (Lipinski definition) is 3. The monoisotopic (exact) mass is 561 g/mol. The van der Waals surface area contributed by atoms with Crippen LogP contribution in [0.15, 0.2) is 103 Å². The molecule has 4 rings (SSSR count). The van der Waals surface area contributed by atoms with E-state index in [0.29, 0.717) is 12.2 Å². The number of ether oxygens (including phenoxy) is 1. The second kappa shape index (κ2) is 11.0. The number of nitrogens with one attached hydrogen (secondary N) is 1. The zero-order valence-corrected chi connectivity index (χ0v) is 20.9. The number of carbonyl (C=O) groups excluding carboxylic acids is 1. The molecule has 0 atom stereocenters. The highest BCUT2D eigenvalue weighted by Gasteiger charge is 2.11. The summed E-state index contributed by atoms with van der Waals surface area (Å²) in [6, 6.07) is 27.7. The molecule has 0 spiro atoms. The van der Waals surface area contributed by atoms with Crippen LogP contribution in [0.4, 0.5) is 0 Å². The molecule has 1 heterocycles. The third-order valence-corrected chi connectivity index (χ3v) is 6.07. The highest BCUT2D eigenvalue weighted by molar-refractivity contribution is 14.1. The van der Waals surface area contributed by atoms with Crippen molar-refractivity contribution in [1.82, 2.24) is 9.99 Å². The van der Waals surface area contributed by atoms with Gasteiger partial charge in [0.15, 0.2) is 0 Å². The lowest BCUT2D eigenvalue weighted by Gasteiger charge is -2.12. The average molecular weight is 561 g/mol. The number of benzene rings is 3. The first-order valence-corrected chi connectivity index (χ1v) is 11.9. The van der Waals surface area contributed by atoms with Gasteiger partial charge in [-0.3, -0.25) is 4.79 Å². The fourth-order valence-corrected chi connectivity index (χ4v) is 4.27. The summed E-state index contributed by atoms with van der Waals surface area (Å²) >= 11 is 2.21. The number of rotatable bonds is 8. The van der Waals surface area contributed by atoms with E-state index in [1.54, 1.807) is 12.3 Å². The van der Waals surface area contributed by atoms with E-state index in [9.17, 15) is 4.79 Å².